The van der Waals surface area contributed by atoms with Crippen LogP contribution in [0.5, 0.6) is 0 Å². The van der Waals surface area contributed by atoms with Crippen LogP contribution in [0, 0.1) is 5.41 Å². The van der Waals surface area contributed by atoms with Crippen molar-refractivity contribution in [1.29, 1.82) is 0 Å². The van der Waals surface area contributed by atoms with Crippen LogP contribution in [0.1, 0.15) is 54.9 Å². The summed E-state index contributed by atoms with van der Waals surface area (Å²) >= 11 is 0. The normalized spacial score (nSPS) is 12.9. The third kappa shape index (κ3) is 7.77. The number of isocyanates is 1. The summed E-state index contributed by atoms with van der Waals surface area (Å²) in [5.41, 5.74) is 0.164. The standard InChI is InChI=1S/C13H27NO3Si/c1-11(2)16-18(14-10-15,17-12(3)4)9-8-13(5,6)7/h11-12H,8-9H2,1-7H3. The SMILES string of the molecule is CC(C)O[Si](CCC(C)(C)C)(N=C=O)OC(C)C. The zero-order valence-electron chi connectivity index (χ0n) is 12.7. The van der Waals surface area contributed by atoms with E-state index in [1.165, 1.54) is 0 Å². The molecule has 0 N–H and O–H groups in total. The topological polar surface area (TPSA) is 47.9 Å². The van der Waals surface area contributed by atoms with Crippen LogP contribution in [0.15, 0.2) is 4.66 Å². The summed E-state index contributed by atoms with van der Waals surface area (Å²) in [6, 6.07) is 0.683. The molecule has 0 rings (SSSR count). The zero-order chi connectivity index (χ0) is 14.4. The van der Waals surface area contributed by atoms with Gasteiger partial charge in [0.15, 0.2) is 0 Å². The van der Waals surface area contributed by atoms with E-state index in [0.29, 0.717) is 6.04 Å². The predicted molar refractivity (Wildman–Crippen MR) is 75.2 cm³/mol. The second-order valence-electron chi connectivity index (χ2n) is 6.31. The Bertz CT molecular complexity index is 281. The molecule has 0 fully saturated rings. The molecule has 0 aliphatic rings. The van der Waals surface area contributed by atoms with Gasteiger partial charge in [-0.05, 0) is 39.5 Å². The van der Waals surface area contributed by atoms with Crippen LogP contribution in [-0.4, -0.2) is 27.0 Å². The lowest BCUT2D eigenvalue weighted by molar-refractivity contribution is 0.103. The van der Waals surface area contributed by atoms with Crippen LogP contribution >= 0.6 is 0 Å². The number of rotatable bonds is 7. The van der Waals surface area contributed by atoms with Crippen LogP contribution in [0.3, 0.4) is 0 Å². The molecular weight excluding hydrogens is 246 g/mol. The highest BCUT2D eigenvalue weighted by Gasteiger charge is 2.42. The summed E-state index contributed by atoms with van der Waals surface area (Å²) < 4.78 is 15.7. The summed E-state index contributed by atoms with van der Waals surface area (Å²) in [5.74, 6) is 0. The summed E-state index contributed by atoms with van der Waals surface area (Å²) in [7, 11) is -2.83. The van der Waals surface area contributed by atoms with E-state index in [-0.39, 0.29) is 17.6 Å². The maximum atomic E-state index is 10.7. The molecule has 5 heteroatoms. The largest absolute Gasteiger partial charge is 0.489 e. The Hall–Kier alpha value is -0.483. The average molecular weight is 273 g/mol. The highest BCUT2D eigenvalue weighted by molar-refractivity contribution is 6.66. The molecule has 0 unspecified atom stereocenters. The fourth-order valence-corrected chi connectivity index (χ4v) is 4.78. The van der Waals surface area contributed by atoms with Crippen LogP contribution in [0.4, 0.5) is 0 Å². The van der Waals surface area contributed by atoms with Gasteiger partial charge in [0.25, 0.3) is 0 Å². The first-order valence-corrected chi connectivity index (χ1v) is 8.52. The van der Waals surface area contributed by atoms with Crippen LogP contribution < -0.4 is 0 Å². The van der Waals surface area contributed by atoms with Gasteiger partial charge < -0.3 is 8.85 Å². The minimum absolute atomic E-state index is 0.00696. The molecule has 0 bridgehead atoms. The molecule has 4 nitrogen and oxygen atoms in total. The molecule has 0 radical (unpaired) electrons. The van der Waals surface area contributed by atoms with E-state index in [9.17, 15) is 4.79 Å². The highest BCUT2D eigenvalue weighted by atomic mass is 28.4. The minimum Gasteiger partial charge on any atom is -0.374 e. The van der Waals surface area contributed by atoms with Crippen molar-refractivity contribution in [3.05, 3.63) is 0 Å². The fourth-order valence-electron chi connectivity index (χ4n) is 1.59. The van der Waals surface area contributed by atoms with Crippen molar-refractivity contribution in [3.8, 4) is 0 Å². The molecule has 0 aromatic rings. The smallest absolute Gasteiger partial charge is 0.374 e. The third-order valence-corrected chi connectivity index (χ3v) is 5.24. The predicted octanol–water partition coefficient (Wildman–Crippen LogP) is 3.55. The summed E-state index contributed by atoms with van der Waals surface area (Å²) in [6.07, 6.45) is 2.54. The van der Waals surface area contributed by atoms with E-state index in [2.05, 4.69) is 25.4 Å². The van der Waals surface area contributed by atoms with Gasteiger partial charge in [0, 0.05) is 18.3 Å². The second-order valence-corrected chi connectivity index (χ2v) is 8.93. The fraction of sp³-hybridized carbons (Fsp3) is 0.923. The van der Waals surface area contributed by atoms with Gasteiger partial charge in [-0.15, -0.1) is 0 Å². The Balaban J connectivity index is 4.99. The Morgan fingerprint density at radius 1 is 1.11 bits per heavy atom. The number of nitrogens with zero attached hydrogens (tertiary/aromatic N) is 1. The quantitative estimate of drug-likeness (QED) is 0.405. The van der Waals surface area contributed by atoms with Gasteiger partial charge in [-0.25, -0.2) is 4.79 Å². The molecular formula is C13H27NO3Si. The lowest BCUT2D eigenvalue weighted by Crippen LogP contribution is -2.45. The van der Waals surface area contributed by atoms with E-state index in [0.717, 1.165) is 6.42 Å². The van der Waals surface area contributed by atoms with Crippen molar-refractivity contribution >= 4 is 14.8 Å². The molecule has 0 saturated heterocycles. The van der Waals surface area contributed by atoms with Crippen LogP contribution in [0.25, 0.3) is 0 Å². The first-order valence-electron chi connectivity index (χ1n) is 6.55. The Kier molecular flexibility index (Phi) is 7.00. The molecule has 0 aliphatic heterocycles. The maximum absolute atomic E-state index is 10.7. The van der Waals surface area contributed by atoms with E-state index in [1.54, 1.807) is 6.08 Å². The lowest BCUT2D eigenvalue weighted by Gasteiger charge is -2.31. The molecule has 0 aromatic heterocycles. The van der Waals surface area contributed by atoms with E-state index >= 15 is 0 Å². The van der Waals surface area contributed by atoms with E-state index in [1.807, 2.05) is 27.7 Å². The highest BCUT2D eigenvalue weighted by Crippen LogP contribution is 2.29. The van der Waals surface area contributed by atoms with E-state index in [4.69, 9.17) is 8.85 Å². The number of carbonyl (C=O) groups excluding carboxylic acids is 1. The van der Waals surface area contributed by atoms with Gasteiger partial charge in [0.2, 0.25) is 6.08 Å². The number of hydrogen-bond acceptors (Lipinski definition) is 4. The van der Waals surface area contributed by atoms with Crippen LogP contribution in [-0.2, 0) is 13.6 Å². The van der Waals surface area contributed by atoms with Gasteiger partial charge >= 0.3 is 8.72 Å². The molecule has 0 saturated carbocycles. The monoisotopic (exact) mass is 273 g/mol. The Morgan fingerprint density at radius 3 is 1.83 bits per heavy atom. The van der Waals surface area contributed by atoms with Gasteiger partial charge in [-0.3, -0.25) is 0 Å². The van der Waals surface area contributed by atoms with Crippen LogP contribution in [0.2, 0.25) is 6.04 Å². The molecule has 0 aromatic carbocycles. The summed E-state index contributed by atoms with van der Waals surface area (Å²) in [6.45, 7) is 14.2. The molecule has 0 heterocycles. The maximum Gasteiger partial charge on any atom is 0.489 e. The summed E-state index contributed by atoms with van der Waals surface area (Å²) in [4.78, 5) is 10.7. The molecule has 18 heavy (non-hydrogen) atoms. The number of hydrogen-bond donors (Lipinski definition) is 0. The third-order valence-electron chi connectivity index (χ3n) is 2.25. The first kappa shape index (κ1) is 17.5. The van der Waals surface area contributed by atoms with Crippen molar-refractivity contribution in [2.75, 3.05) is 0 Å². The lowest BCUT2D eigenvalue weighted by atomic mass is 9.94. The van der Waals surface area contributed by atoms with Crippen molar-refractivity contribution in [2.45, 2.75) is 73.1 Å². The Morgan fingerprint density at radius 2 is 1.56 bits per heavy atom. The first-order chi connectivity index (χ1) is 8.10. The van der Waals surface area contributed by atoms with Gasteiger partial charge in [-0.2, -0.15) is 4.66 Å². The van der Waals surface area contributed by atoms with Crippen molar-refractivity contribution in [1.82, 2.24) is 0 Å². The minimum atomic E-state index is -2.83. The molecule has 0 amide bonds. The molecule has 106 valence electrons. The Labute approximate surface area is 112 Å². The molecule has 0 spiro atoms. The van der Waals surface area contributed by atoms with Crippen molar-refractivity contribution in [3.63, 3.8) is 0 Å². The molecule has 0 atom stereocenters. The van der Waals surface area contributed by atoms with Crippen molar-refractivity contribution in [2.24, 2.45) is 10.1 Å². The van der Waals surface area contributed by atoms with Gasteiger partial charge in [0.1, 0.15) is 0 Å². The van der Waals surface area contributed by atoms with Crippen molar-refractivity contribution < 1.29 is 13.6 Å². The summed E-state index contributed by atoms with van der Waals surface area (Å²) in [5, 5.41) is 0. The zero-order valence-corrected chi connectivity index (χ0v) is 13.7. The van der Waals surface area contributed by atoms with E-state index < -0.39 is 8.72 Å². The second kappa shape index (κ2) is 7.19. The van der Waals surface area contributed by atoms with Gasteiger partial charge in [0.05, 0.1) is 0 Å². The van der Waals surface area contributed by atoms with Gasteiger partial charge in [-0.1, -0.05) is 20.8 Å². The molecule has 0 aliphatic carbocycles. The average Bonchev–Trinajstić information content (AvgIpc) is 2.12.